The number of carbonyl (C=O) groups is 1. The van der Waals surface area contributed by atoms with Crippen LogP contribution in [0.1, 0.15) is 34.6 Å². The highest BCUT2D eigenvalue weighted by atomic mass is 16.2. The Morgan fingerprint density at radius 2 is 2.10 bits per heavy atom. The zero-order valence-electron chi connectivity index (χ0n) is 10.8. The number of fused-ring (bicyclic) bond motifs is 1. The summed E-state index contributed by atoms with van der Waals surface area (Å²) in [6, 6.07) is 7.21. The van der Waals surface area contributed by atoms with Gasteiger partial charge in [-0.25, -0.2) is 5.43 Å². The maximum absolute atomic E-state index is 11.9. The molecule has 0 aliphatic heterocycles. The number of rotatable bonds is 2. The van der Waals surface area contributed by atoms with Crippen LogP contribution in [-0.4, -0.2) is 26.8 Å². The van der Waals surface area contributed by atoms with Crippen LogP contribution in [0, 0.1) is 0 Å². The second-order valence-electron chi connectivity index (χ2n) is 4.47. The van der Waals surface area contributed by atoms with E-state index in [0.717, 1.165) is 30.7 Å². The number of hydrogen-bond donors (Lipinski definition) is 1. The van der Waals surface area contributed by atoms with Crippen molar-refractivity contribution in [1.82, 2.24) is 20.6 Å². The molecule has 2 aromatic heterocycles. The monoisotopic (exact) mass is 267 g/mol. The average molecular weight is 267 g/mol. The molecule has 0 saturated heterocycles. The zero-order chi connectivity index (χ0) is 13.8. The minimum Gasteiger partial charge on any atom is -0.265 e. The highest BCUT2D eigenvalue weighted by Crippen LogP contribution is 2.19. The van der Waals surface area contributed by atoms with E-state index in [1.54, 1.807) is 18.3 Å². The molecule has 2 aromatic rings. The Bertz CT molecular complexity index is 654. The average Bonchev–Trinajstić information content (AvgIpc) is 2.53. The third kappa shape index (κ3) is 2.54. The van der Waals surface area contributed by atoms with E-state index in [9.17, 15) is 4.79 Å². The Balaban J connectivity index is 1.79. The molecule has 0 atom stereocenters. The molecule has 3 rings (SSSR count). The third-order valence-electron chi connectivity index (χ3n) is 3.12. The van der Waals surface area contributed by atoms with Gasteiger partial charge in [-0.15, -0.1) is 5.10 Å². The Morgan fingerprint density at radius 1 is 1.20 bits per heavy atom. The van der Waals surface area contributed by atoms with Gasteiger partial charge in [0.15, 0.2) is 5.69 Å². The summed E-state index contributed by atoms with van der Waals surface area (Å²) >= 11 is 0. The molecule has 0 saturated carbocycles. The summed E-state index contributed by atoms with van der Waals surface area (Å²) in [7, 11) is 0. The van der Waals surface area contributed by atoms with Gasteiger partial charge in [-0.3, -0.25) is 9.78 Å². The Morgan fingerprint density at radius 3 is 2.95 bits per heavy atom. The summed E-state index contributed by atoms with van der Waals surface area (Å²) < 4.78 is 0. The van der Waals surface area contributed by atoms with Gasteiger partial charge in [-0.2, -0.15) is 10.2 Å². The predicted octanol–water partition coefficient (Wildman–Crippen LogP) is 1.34. The summed E-state index contributed by atoms with van der Waals surface area (Å²) in [5.74, 6) is -0.367. The van der Waals surface area contributed by atoms with Gasteiger partial charge in [0.1, 0.15) is 0 Å². The van der Waals surface area contributed by atoms with Gasteiger partial charge < -0.3 is 0 Å². The van der Waals surface area contributed by atoms with Crippen LogP contribution in [0.3, 0.4) is 0 Å². The van der Waals surface area contributed by atoms with Crippen molar-refractivity contribution in [3.63, 3.8) is 0 Å². The fraction of sp³-hybridized carbons (Fsp3) is 0.214. The molecule has 0 aromatic carbocycles. The van der Waals surface area contributed by atoms with E-state index in [4.69, 9.17) is 0 Å². The van der Waals surface area contributed by atoms with E-state index in [0.29, 0.717) is 0 Å². The van der Waals surface area contributed by atoms with Crippen LogP contribution in [0.4, 0.5) is 0 Å². The lowest BCUT2D eigenvalue weighted by Crippen LogP contribution is -2.23. The van der Waals surface area contributed by atoms with Crippen molar-refractivity contribution in [2.24, 2.45) is 5.10 Å². The van der Waals surface area contributed by atoms with Gasteiger partial charge in [0.05, 0.1) is 11.4 Å². The number of carbonyl (C=O) groups excluding carboxylic acids is 1. The van der Waals surface area contributed by atoms with Crippen LogP contribution >= 0.6 is 0 Å². The number of amides is 1. The number of nitrogens with zero attached hydrogens (tertiary/aromatic N) is 4. The van der Waals surface area contributed by atoms with Gasteiger partial charge in [0.25, 0.3) is 5.91 Å². The first-order chi connectivity index (χ1) is 9.84. The van der Waals surface area contributed by atoms with Crippen molar-refractivity contribution < 1.29 is 4.79 Å². The van der Waals surface area contributed by atoms with Crippen LogP contribution in [0.2, 0.25) is 0 Å². The lowest BCUT2D eigenvalue weighted by Gasteiger charge is -2.16. The third-order valence-corrected chi connectivity index (χ3v) is 3.12. The van der Waals surface area contributed by atoms with Crippen molar-refractivity contribution in [3.8, 4) is 0 Å². The van der Waals surface area contributed by atoms with Gasteiger partial charge in [0, 0.05) is 12.4 Å². The van der Waals surface area contributed by atoms with Crippen LogP contribution < -0.4 is 5.43 Å². The van der Waals surface area contributed by atoms with Crippen molar-refractivity contribution in [1.29, 1.82) is 0 Å². The van der Waals surface area contributed by atoms with E-state index >= 15 is 0 Å². The molecule has 20 heavy (non-hydrogen) atoms. The fourth-order valence-electron chi connectivity index (χ4n) is 2.17. The topological polar surface area (TPSA) is 80.1 Å². The molecule has 0 bridgehead atoms. The highest BCUT2D eigenvalue weighted by Gasteiger charge is 2.17. The second-order valence-corrected chi connectivity index (χ2v) is 4.47. The highest BCUT2D eigenvalue weighted by molar-refractivity contribution is 6.02. The van der Waals surface area contributed by atoms with E-state index in [1.165, 1.54) is 11.8 Å². The maximum Gasteiger partial charge on any atom is 0.291 e. The molecule has 0 radical (unpaired) electrons. The summed E-state index contributed by atoms with van der Waals surface area (Å²) in [5.41, 5.74) is 5.62. The molecule has 1 N–H and O–H groups in total. The maximum atomic E-state index is 11.9. The van der Waals surface area contributed by atoms with E-state index in [-0.39, 0.29) is 11.6 Å². The first kappa shape index (κ1) is 12.4. The molecule has 0 spiro atoms. The van der Waals surface area contributed by atoms with Gasteiger partial charge in [-0.1, -0.05) is 6.07 Å². The van der Waals surface area contributed by atoms with Crippen molar-refractivity contribution in [2.45, 2.75) is 19.3 Å². The standard InChI is InChI=1S/C14H13N5O/c20-14(12-7-3-9-16-17-12)19-18-11-6-1-4-10-5-2-8-15-13(10)11/h2-3,5,7-9H,1,4,6H2,(H,19,20)/b18-11+. The number of pyridine rings is 1. The van der Waals surface area contributed by atoms with Crippen LogP contribution in [0.25, 0.3) is 0 Å². The molecule has 6 heteroatoms. The molecule has 1 aliphatic carbocycles. The van der Waals surface area contributed by atoms with Crippen molar-refractivity contribution in [3.05, 3.63) is 53.6 Å². The molecule has 1 amide bonds. The molecule has 100 valence electrons. The predicted molar refractivity (Wildman–Crippen MR) is 73.2 cm³/mol. The van der Waals surface area contributed by atoms with E-state index < -0.39 is 0 Å². The second kappa shape index (κ2) is 5.56. The molecular weight excluding hydrogens is 254 g/mol. The first-order valence-electron chi connectivity index (χ1n) is 6.43. The SMILES string of the molecule is O=C(N/N=C1\CCCc2cccnc21)c1cccnn1. The Kier molecular flexibility index (Phi) is 3.45. The Labute approximate surface area is 116 Å². The fourth-order valence-corrected chi connectivity index (χ4v) is 2.17. The lowest BCUT2D eigenvalue weighted by atomic mass is 9.95. The van der Waals surface area contributed by atoms with Crippen molar-refractivity contribution >= 4 is 11.6 Å². The molecule has 1 aliphatic rings. The summed E-state index contributed by atoms with van der Waals surface area (Å²) in [6.07, 6.45) is 6.08. The molecular formula is C14H13N5O. The summed E-state index contributed by atoms with van der Waals surface area (Å²) in [5, 5.41) is 11.6. The zero-order valence-corrected chi connectivity index (χ0v) is 10.8. The minimum atomic E-state index is -0.367. The van der Waals surface area contributed by atoms with Gasteiger partial charge in [0.2, 0.25) is 0 Å². The Hall–Kier alpha value is -2.63. The number of nitrogens with one attached hydrogen (secondary N) is 1. The van der Waals surface area contributed by atoms with Gasteiger partial charge in [-0.05, 0) is 43.0 Å². The molecule has 0 unspecified atom stereocenters. The number of hydrogen-bond acceptors (Lipinski definition) is 5. The van der Waals surface area contributed by atoms with Crippen LogP contribution in [-0.2, 0) is 6.42 Å². The minimum absolute atomic E-state index is 0.244. The molecule has 2 heterocycles. The quantitative estimate of drug-likeness (QED) is 0.833. The number of aryl methyl sites for hydroxylation is 1. The number of hydrazone groups is 1. The van der Waals surface area contributed by atoms with Crippen LogP contribution in [0.15, 0.2) is 41.8 Å². The van der Waals surface area contributed by atoms with Crippen molar-refractivity contribution in [2.75, 3.05) is 0 Å². The van der Waals surface area contributed by atoms with Gasteiger partial charge >= 0.3 is 0 Å². The molecule has 0 fully saturated rings. The largest absolute Gasteiger partial charge is 0.291 e. The summed E-state index contributed by atoms with van der Waals surface area (Å²) in [4.78, 5) is 16.2. The van der Waals surface area contributed by atoms with Crippen LogP contribution in [0.5, 0.6) is 0 Å². The van der Waals surface area contributed by atoms with E-state index in [1.807, 2.05) is 12.1 Å². The van der Waals surface area contributed by atoms with E-state index in [2.05, 4.69) is 25.7 Å². The smallest absolute Gasteiger partial charge is 0.265 e. The normalized spacial score (nSPS) is 15.7. The summed E-state index contributed by atoms with van der Waals surface area (Å²) in [6.45, 7) is 0. The molecule has 6 nitrogen and oxygen atoms in total. The number of aromatic nitrogens is 3. The first-order valence-corrected chi connectivity index (χ1v) is 6.43. The lowest BCUT2D eigenvalue weighted by molar-refractivity contribution is 0.0948.